The number of amides is 1. The minimum atomic E-state index is -4.47. The number of aromatic nitrogens is 2. The van der Waals surface area contributed by atoms with Crippen LogP contribution in [0.4, 0.5) is 13.2 Å². The van der Waals surface area contributed by atoms with E-state index in [4.69, 9.17) is 0 Å². The Morgan fingerprint density at radius 3 is 2.38 bits per heavy atom. The van der Waals surface area contributed by atoms with Crippen LogP contribution in [-0.4, -0.2) is 22.9 Å². The number of carbonyl (C=O) groups excluding carboxylic acids is 1. The summed E-state index contributed by atoms with van der Waals surface area (Å²) in [5.74, 6) is -0.190. The molecule has 1 amide bonds. The van der Waals surface area contributed by atoms with Crippen molar-refractivity contribution < 1.29 is 18.0 Å². The molecule has 3 rings (SSSR count). The maximum absolute atomic E-state index is 12.8. The molecule has 0 spiro atoms. The van der Waals surface area contributed by atoms with Gasteiger partial charge in [0.15, 0.2) is 0 Å². The highest BCUT2D eigenvalue weighted by Gasteiger charge is 2.32. The first-order valence-corrected chi connectivity index (χ1v) is 10.3. The summed E-state index contributed by atoms with van der Waals surface area (Å²) in [6.45, 7) is 1.88. The van der Waals surface area contributed by atoms with Gasteiger partial charge in [-0.05, 0) is 49.1 Å². The lowest BCUT2D eigenvalue weighted by molar-refractivity contribution is -0.141. The molecule has 0 aliphatic rings. The van der Waals surface area contributed by atoms with E-state index in [-0.39, 0.29) is 11.9 Å². The fraction of sp³-hybridized carbons (Fsp3) is 0.292. The SMILES string of the molecule is CNC(=O)C(N[C@@H](CCc1ccc(C(F)(F)F)nc1)c1cccc(C)n1)c1ccccc1. The van der Waals surface area contributed by atoms with Crippen molar-refractivity contribution in [3.63, 3.8) is 0 Å². The van der Waals surface area contributed by atoms with Gasteiger partial charge in [0.25, 0.3) is 0 Å². The number of rotatable bonds is 8. The maximum atomic E-state index is 12.8. The highest BCUT2D eigenvalue weighted by molar-refractivity contribution is 5.82. The van der Waals surface area contributed by atoms with Crippen molar-refractivity contribution in [2.45, 2.75) is 38.0 Å². The van der Waals surface area contributed by atoms with Crippen LogP contribution in [0.5, 0.6) is 0 Å². The zero-order valence-electron chi connectivity index (χ0n) is 17.9. The van der Waals surface area contributed by atoms with E-state index in [9.17, 15) is 18.0 Å². The molecule has 2 aromatic heterocycles. The Balaban J connectivity index is 1.84. The van der Waals surface area contributed by atoms with Crippen LogP contribution in [-0.2, 0) is 17.4 Å². The summed E-state index contributed by atoms with van der Waals surface area (Å²) in [6, 6.07) is 16.5. The van der Waals surface area contributed by atoms with Crippen molar-refractivity contribution in [3.05, 3.63) is 95.1 Å². The van der Waals surface area contributed by atoms with E-state index >= 15 is 0 Å². The summed E-state index contributed by atoms with van der Waals surface area (Å²) in [7, 11) is 1.58. The molecule has 2 heterocycles. The molecule has 0 bridgehead atoms. The summed E-state index contributed by atoms with van der Waals surface area (Å²) in [6.07, 6.45) is -2.24. The molecule has 1 unspecified atom stereocenters. The predicted molar refractivity (Wildman–Crippen MR) is 116 cm³/mol. The second-order valence-corrected chi connectivity index (χ2v) is 7.47. The Bertz CT molecular complexity index is 1020. The topological polar surface area (TPSA) is 66.9 Å². The second kappa shape index (κ2) is 10.4. The van der Waals surface area contributed by atoms with Gasteiger partial charge in [0.2, 0.25) is 5.91 Å². The second-order valence-electron chi connectivity index (χ2n) is 7.47. The number of hydrogen-bond donors (Lipinski definition) is 2. The minimum Gasteiger partial charge on any atom is -0.358 e. The van der Waals surface area contributed by atoms with Crippen molar-refractivity contribution in [2.75, 3.05) is 7.05 Å². The van der Waals surface area contributed by atoms with Crippen LogP contribution >= 0.6 is 0 Å². The fourth-order valence-corrected chi connectivity index (χ4v) is 3.44. The Hall–Kier alpha value is -3.26. The molecule has 0 aliphatic carbocycles. The molecule has 5 nitrogen and oxygen atoms in total. The lowest BCUT2D eigenvalue weighted by Crippen LogP contribution is -2.38. The summed E-state index contributed by atoms with van der Waals surface area (Å²) < 4.78 is 38.4. The van der Waals surface area contributed by atoms with Gasteiger partial charge in [0.1, 0.15) is 11.7 Å². The molecule has 0 aliphatic heterocycles. The van der Waals surface area contributed by atoms with Gasteiger partial charge in [-0.2, -0.15) is 13.2 Å². The summed E-state index contributed by atoms with van der Waals surface area (Å²) in [5, 5.41) is 6.08. The third-order valence-corrected chi connectivity index (χ3v) is 5.11. The largest absolute Gasteiger partial charge is 0.433 e. The van der Waals surface area contributed by atoms with Gasteiger partial charge in [-0.15, -0.1) is 0 Å². The molecule has 168 valence electrons. The van der Waals surface area contributed by atoms with E-state index in [1.54, 1.807) is 7.05 Å². The number of pyridine rings is 2. The smallest absolute Gasteiger partial charge is 0.358 e. The minimum absolute atomic E-state index is 0.190. The van der Waals surface area contributed by atoms with Crippen LogP contribution in [0.1, 0.15) is 46.7 Å². The Labute approximate surface area is 185 Å². The van der Waals surface area contributed by atoms with Crippen LogP contribution in [0.15, 0.2) is 66.9 Å². The number of likely N-dealkylation sites (N-methyl/N-ethyl adjacent to an activating group) is 1. The summed E-state index contributed by atoms with van der Waals surface area (Å²) in [4.78, 5) is 20.8. The molecule has 2 N–H and O–H groups in total. The third kappa shape index (κ3) is 6.13. The number of hydrogen-bond acceptors (Lipinski definition) is 4. The molecule has 8 heteroatoms. The number of benzene rings is 1. The molecule has 2 atom stereocenters. The predicted octanol–water partition coefficient (Wildman–Crippen LogP) is 4.55. The highest BCUT2D eigenvalue weighted by atomic mass is 19.4. The first-order chi connectivity index (χ1) is 15.3. The first-order valence-electron chi connectivity index (χ1n) is 10.3. The Morgan fingerprint density at radius 2 is 1.78 bits per heavy atom. The molecule has 0 fully saturated rings. The van der Waals surface area contributed by atoms with Gasteiger partial charge in [0.05, 0.1) is 11.7 Å². The van der Waals surface area contributed by atoms with Crippen molar-refractivity contribution in [1.82, 2.24) is 20.6 Å². The van der Waals surface area contributed by atoms with Crippen LogP contribution in [0.25, 0.3) is 0 Å². The zero-order valence-corrected chi connectivity index (χ0v) is 17.9. The molecule has 0 saturated carbocycles. The van der Waals surface area contributed by atoms with Crippen LogP contribution in [0.2, 0.25) is 0 Å². The molecule has 0 saturated heterocycles. The van der Waals surface area contributed by atoms with Gasteiger partial charge in [-0.1, -0.05) is 42.5 Å². The van der Waals surface area contributed by atoms with Crippen molar-refractivity contribution in [2.24, 2.45) is 0 Å². The van der Waals surface area contributed by atoms with Gasteiger partial charge in [-0.3, -0.25) is 20.1 Å². The van der Waals surface area contributed by atoms with Crippen molar-refractivity contribution in [1.29, 1.82) is 0 Å². The number of carbonyl (C=O) groups is 1. The van der Waals surface area contributed by atoms with E-state index in [0.29, 0.717) is 18.4 Å². The van der Waals surface area contributed by atoms with Gasteiger partial charge < -0.3 is 5.32 Å². The number of halogens is 3. The third-order valence-electron chi connectivity index (χ3n) is 5.11. The fourth-order valence-electron chi connectivity index (χ4n) is 3.44. The highest BCUT2D eigenvalue weighted by Crippen LogP contribution is 2.28. The average molecular weight is 442 g/mol. The standard InChI is InChI=1S/C24H25F3N4O/c1-16-7-6-10-19(30-16)20(13-11-17-12-14-21(29-15-17)24(25,26)27)31-22(23(32)28-2)18-8-4-3-5-9-18/h3-10,12,14-15,20,22,31H,11,13H2,1-2H3,(H,28,32)/t20-,22?/m0/s1. The van der Waals surface area contributed by atoms with Crippen molar-refractivity contribution >= 4 is 5.91 Å². The van der Waals surface area contributed by atoms with Crippen LogP contribution in [0.3, 0.4) is 0 Å². The normalized spacial score (nSPS) is 13.4. The molecule has 3 aromatic rings. The quantitative estimate of drug-likeness (QED) is 0.537. The lowest BCUT2D eigenvalue weighted by Gasteiger charge is -2.25. The van der Waals surface area contributed by atoms with Crippen LogP contribution < -0.4 is 10.6 Å². The number of nitrogens with one attached hydrogen (secondary N) is 2. The zero-order chi connectivity index (χ0) is 23.1. The first kappa shape index (κ1) is 23.4. The monoisotopic (exact) mass is 442 g/mol. The Morgan fingerprint density at radius 1 is 1.03 bits per heavy atom. The molecule has 1 aromatic carbocycles. The van der Waals surface area contributed by atoms with E-state index in [2.05, 4.69) is 20.6 Å². The summed E-state index contributed by atoms with van der Waals surface area (Å²) in [5.41, 5.74) is 2.16. The molecular weight excluding hydrogens is 417 g/mol. The van der Waals surface area contributed by atoms with E-state index in [1.807, 2.05) is 55.5 Å². The average Bonchev–Trinajstić information content (AvgIpc) is 2.79. The number of aryl methyl sites for hydroxylation is 2. The van der Waals surface area contributed by atoms with E-state index in [1.165, 1.54) is 12.3 Å². The van der Waals surface area contributed by atoms with Crippen molar-refractivity contribution in [3.8, 4) is 0 Å². The maximum Gasteiger partial charge on any atom is 0.433 e. The lowest BCUT2D eigenvalue weighted by atomic mass is 9.99. The number of alkyl halides is 3. The molecule has 0 radical (unpaired) electrons. The van der Waals surface area contributed by atoms with Gasteiger partial charge in [-0.25, -0.2) is 0 Å². The molecular formula is C24H25F3N4O. The van der Waals surface area contributed by atoms with E-state index in [0.717, 1.165) is 23.0 Å². The van der Waals surface area contributed by atoms with Gasteiger partial charge >= 0.3 is 6.18 Å². The van der Waals surface area contributed by atoms with Gasteiger partial charge in [0, 0.05) is 18.9 Å². The number of nitrogens with zero attached hydrogens (tertiary/aromatic N) is 2. The van der Waals surface area contributed by atoms with E-state index < -0.39 is 17.9 Å². The van der Waals surface area contributed by atoms with Crippen LogP contribution in [0, 0.1) is 6.92 Å². The molecule has 32 heavy (non-hydrogen) atoms. The Kier molecular flexibility index (Phi) is 7.58. The summed E-state index contributed by atoms with van der Waals surface area (Å²) >= 11 is 0.